The third-order valence-corrected chi connectivity index (χ3v) is 1.67. The van der Waals surface area contributed by atoms with Gasteiger partial charge in [0.1, 0.15) is 5.75 Å². The fourth-order valence-corrected chi connectivity index (χ4v) is 1.11. The van der Waals surface area contributed by atoms with Crippen LogP contribution in [0.3, 0.4) is 0 Å². The maximum Gasteiger partial charge on any atom is 0.573 e. The number of benzene rings is 1. The predicted molar refractivity (Wildman–Crippen MR) is 51.1 cm³/mol. The van der Waals surface area contributed by atoms with Crippen molar-refractivity contribution < 1.29 is 22.7 Å². The minimum atomic E-state index is -4.73. The van der Waals surface area contributed by atoms with E-state index in [2.05, 4.69) is 10.1 Å². The number of amides is 2. The first-order chi connectivity index (χ1) is 7.28. The standard InChI is InChI=1S/C9H9F3N2O2/c1-5-4-6(14-8(13)15)2-3-7(5)16-9(10,11)12/h2-4H,1H3,(H3,13,14,15). The molecule has 1 rings (SSSR count). The highest BCUT2D eigenvalue weighted by molar-refractivity contribution is 5.87. The minimum Gasteiger partial charge on any atom is -0.406 e. The van der Waals surface area contributed by atoms with E-state index in [1.54, 1.807) is 0 Å². The molecule has 2 amide bonds. The van der Waals surface area contributed by atoms with Gasteiger partial charge in [0.2, 0.25) is 0 Å². The number of halogens is 3. The fraction of sp³-hybridized carbons (Fsp3) is 0.222. The molecular weight excluding hydrogens is 225 g/mol. The van der Waals surface area contributed by atoms with Crippen molar-refractivity contribution in [2.45, 2.75) is 13.3 Å². The smallest absolute Gasteiger partial charge is 0.406 e. The summed E-state index contributed by atoms with van der Waals surface area (Å²) in [6, 6.07) is 2.91. The number of carbonyl (C=O) groups excluding carboxylic acids is 1. The molecule has 1 aromatic carbocycles. The van der Waals surface area contributed by atoms with Gasteiger partial charge in [-0.1, -0.05) is 0 Å². The Kier molecular flexibility index (Phi) is 3.26. The van der Waals surface area contributed by atoms with Gasteiger partial charge in [-0.2, -0.15) is 0 Å². The van der Waals surface area contributed by atoms with Crippen LogP contribution in [0.4, 0.5) is 23.7 Å². The van der Waals surface area contributed by atoms with Crippen molar-refractivity contribution >= 4 is 11.7 Å². The van der Waals surface area contributed by atoms with Gasteiger partial charge in [-0.25, -0.2) is 4.79 Å². The fourth-order valence-electron chi connectivity index (χ4n) is 1.11. The van der Waals surface area contributed by atoms with Gasteiger partial charge in [-0.3, -0.25) is 0 Å². The Bertz CT molecular complexity index is 404. The Labute approximate surface area is 89.2 Å². The van der Waals surface area contributed by atoms with E-state index in [0.717, 1.165) is 6.07 Å². The van der Waals surface area contributed by atoms with Gasteiger partial charge >= 0.3 is 12.4 Å². The third-order valence-electron chi connectivity index (χ3n) is 1.67. The van der Waals surface area contributed by atoms with Crippen molar-refractivity contribution in [1.29, 1.82) is 0 Å². The number of urea groups is 1. The highest BCUT2D eigenvalue weighted by Crippen LogP contribution is 2.27. The van der Waals surface area contributed by atoms with Crippen molar-refractivity contribution in [2.24, 2.45) is 5.73 Å². The van der Waals surface area contributed by atoms with E-state index in [-0.39, 0.29) is 11.3 Å². The molecule has 0 aliphatic carbocycles. The largest absolute Gasteiger partial charge is 0.573 e. The van der Waals surface area contributed by atoms with Crippen LogP contribution in [-0.2, 0) is 0 Å². The highest BCUT2D eigenvalue weighted by atomic mass is 19.4. The highest BCUT2D eigenvalue weighted by Gasteiger charge is 2.31. The van der Waals surface area contributed by atoms with E-state index in [9.17, 15) is 18.0 Å². The molecular formula is C9H9F3N2O2. The van der Waals surface area contributed by atoms with Crippen molar-refractivity contribution in [3.63, 3.8) is 0 Å². The maximum atomic E-state index is 11.9. The van der Waals surface area contributed by atoms with Crippen LogP contribution in [0.1, 0.15) is 5.56 Å². The molecule has 3 N–H and O–H groups in total. The average molecular weight is 234 g/mol. The number of carbonyl (C=O) groups is 1. The number of hydrogen-bond donors (Lipinski definition) is 2. The van der Waals surface area contributed by atoms with Gasteiger partial charge in [0.05, 0.1) is 0 Å². The van der Waals surface area contributed by atoms with Crippen LogP contribution in [0.2, 0.25) is 0 Å². The van der Waals surface area contributed by atoms with Crippen LogP contribution < -0.4 is 15.8 Å². The topological polar surface area (TPSA) is 64.3 Å². The van der Waals surface area contributed by atoms with E-state index in [1.807, 2.05) is 0 Å². The first-order valence-corrected chi connectivity index (χ1v) is 4.21. The van der Waals surface area contributed by atoms with E-state index in [4.69, 9.17) is 5.73 Å². The van der Waals surface area contributed by atoms with Crippen LogP contribution in [0.25, 0.3) is 0 Å². The number of anilines is 1. The van der Waals surface area contributed by atoms with Gasteiger partial charge in [0.15, 0.2) is 0 Å². The molecule has 0 aromatic heterocycles. The molecule has 0 radical (unpaired) electrons. The lowest BCUT2D eigenvalue weighted by molar-refractivity contribution is -0.274. The van der Waals surface area contributed by atoms with Crippen LogP contribution in [0, 0.1) is 6.92 Å². The summed E-state index contributed by atoms with van der Waals surface area (Å²) in [5.74, 6) is -0.317. The van der Waals surface area contributed by atoms with E-state index in [1.165, 1.54) is 19.1 Å². The Balaban J connectivity index is 2.87. The zero-order valence-electron chi connectivity index (χ0n) is 8.26. The van der Waals surface area contributed by atoms with Gasteiger partial charge in [0.25, 0.3) is 0 Å². The summed E-state index contributed by atoms with van der Waals surface area (Å²) in [5.41, 5.74) is 5.40. The Morgan fingerprint density at radius 3 is 2.50 bits per heavy atom. The van der Waals surface area contributed by atoms with Crippen LogP contribution >= 0.6 is 0 Å². The number of hydrogen-bond acceptors (Lipinski definition) is 2. The molecule has 1 aromatic rings. The lowest BCUT2D eigenvalue weighted by Crippen LogP contribution is -2.20. The molecule has 4 nitrogen and oxygen atoms in total. The maximum absolute atomic E-state index is 11.9. The number of nitrogens with two attached hydrogens (primary N) is 1. The summed E-state index contributed by atoms with van der Waals surface area (Å²) in [5, 5.41) is 2.24. The van der Waals surface area contributed by atoms with Crippen molar-refractivity contribution in [2.75, 3.05) is 5.32 Å². The third kappa shape index (κ3) is 3.68. The Morgan fingerprint density at radius 2 is 2.06 bits per heavy atom. The van der Waals surface area contributed by atoms with E-state index < -0.39 is 12.4 Å². The number of primary amides is 1. The molecule has 0 spiro atoms. The number of nitrogens with one attached hydrogen (secondary N) is 1. The van der Waals surface area contributed by atoms with Crippen LogP contribution in [0.5, 0.6) is 5.75 Å². The van der Waals surface area contributed by atoms with Crippen molar-refractivity contribution in [3.8, 4) is 5.75 Å². The molecule has 0 atom stereocenters. The molecule has 88 valence electrons. The lowest BCUT2D eigenvalue weighted by atomic mass is 10.2. The molecule has 0 saturated heterocycles. The second-order valence-corrected chi connectivity index (χ2v) is 3.02. The summed E-state index contributed by atoms with van der Waals surface area (Å²) in [6.45, 7) is 1.42. The summed E-state index contributed by atoms with van der Waals surface area (Å²) in [7, 11) is 0. The summed E-state index contributed by atoms with van der Waals surface area (Å²) < 4.78 is 39.5. The second-order valence-electron chi connectivity index (χ2n) is 3.02. The zero-order valence-corrected chi connectivity index (χ0v) is 8.26. The summed E-state index contributed by atoms with van der Waals surface area (Å²) >= 11 is 0. The van der Waals surface area contributed by atoms with Crippen LogP contribution in [-0.4, -0.2) is 12.4 Å². The lowest BCUT2D eigenvalue weighted by Gasteiger charge is -2.12. The molecule has 0 aliphatic heterocycles. The van der Waals surface area contributed by atoms with Gasteiger partial charge in [0, 0.05) is 5.69 Å². The summed E-state index contributed by atoms with van der Waals surface area (Å²) in [6.07, 6.45) is -4.73. The summed E-state index contributed by atoms with van der Waals surface area (Å²) in [4.78, 5) is 10.5. The molecule has 0 bridgehead atoms. The number of alkyl halides is 3. The van der Waals surface area contributed by atoms with E-state index in [0.29, 0.717) is 5.69 Å². The van der Waals surface area contributed by atoms with Crippen molar-refractivity contribution in [3.05, 3.63) is 23.8 Å². The predicted octanol–water partition coefficient (Wildman–Crippen LogP) is 2.38. The number of ether oxygens (including phenoxy) is 1. The average Bonchev–Trinajstić information content (AvgIpc) is 2.06. The molecule has 0 unspecified atom stereocenters. The number of rotatable bonds is 2. The molecule has 7 heteroatoms. The normalized spacial score (nSPS) is 11.0. The Morgan fingerprint density at radius 1 is 1.44 bits per heavy atom. The first-order valence-electron chi connectivity index (χ1n) is 4.21. The first kappa shape index (κ1) is 12.2. The molecule has 0 aliphatic rings. The zero-order chi connectivity index (χ0) is 12.3. The van der Waals surface area contributed by atoms with E-state index >= 15 is 0 Å². The minimum absolute atomic E-state index is 0.239. The number of aryl methyl sites for hydroxylation is 1. The molecule has 16 heavy (non-hydrogen) atoms. The SMILES string of the molecule is Cc1cc(NC(N)=O)ccc1OC(F)(F)F. The molecule has 0 saturated carbocycles. The van der Waals surface area contributed by atoms with Gasteiger partial charge in [-0.15, -0.1) is 13.2 Å². The van der Waals surface area contributed by atoms with Gasteiger partial charge < -0.3 is 15.8 Å². The van der Waals surface area contributed by atoms with Gasteiger partial charge in [-0.05, 0) is 30.7 Å². The monoisotopic (exact) mass is 234 g/mol. The quantitative estimate of drug-likeness (QED) is 0.825. The van der Waals surface area contributed by atoms with Crippen LogP contribution in [0.15, 0.2) is 18.2 Å². The second kappa shape index (κ2) is 4.30. The van der Waals surface area contributed by atoms with Crippen molar-refractivity contribution in [1.82, 2.24) is 0 Å². The Hall–Kier alpha value is -1.92. The molecule has 0 fully saturated rings. The molecule has 0 heterocycles.